The molecule has 81 valence electrons. The van der Waals surface area contributed by atoms with Crippen molar-refractivity contribution >= 4 is 5.97 Å². The van der Waals surface area contributed by atoms with E-state index in [4.69, 9.17) is 4.89 Å². The van der Waals surface area contributed by atoms with Gasteiger partial charge in [0.2, 0.25) is 0 Å². The Hall–Kier alpha value is -1.35. The summed E-state index contributed by atoms with van der Waals surface area (Å²) in [5.41, 5.74) is 1.52. The van der Waals surface area contributed by atoms with Gasteiger partial charge in [-0.1, -0.05) is 31.0 Å². The standard InChI is InChI=1S/C12H15O3/c1-3-4-8-14-15-12(13)11-7-5-6-10(2)9-11/h5-7,9H,1,3-4,8H2,2H3. The molecule has 0 amide bonds. The Bertz CT molecular complexity index is 320. The van der Waals surface area contributed by atoms with E-state index < -0.39 is 5.97 Å². The molecule has 0 heterocycles. The summed E-state index contributed by atoms with van der Waals surface area (Å²) >= 11 is 0. The molecule has 0 aliphatic heterocycles. The zero-order chi connectivity index (χ0) is 11.1. The van der Waals surface area contributed by atoms with Crippen LogP contribution in [0.5, 0.6) is 0 Å². The van der Waals surface area contributed by atoms with Crippen LogP contribution in [0.2, 0.25) is 0 Å². The van der Waals surface area contributed by atoms with E-state index in [0.717, 1.165) is 18.4 Å². The van der Waals surface area contributed by atoms with Crippen molar-refractivity contribution in [1.29, 1.82) is 0 Å². The number of unbranched alkanes of at least 4 members (excludes halogenated alkanes) is 1. The Balaban J connectivity index is 2.40. The first-order valence-corrected chi connectivity index (χ1v) is 4.93. The molecule has 0 aliphatic rings. The van der Waals surface area contributed by atoms with Gasteiger partial charge in [0, 0.05) is 0 Å². The zero-order valence-electron chi connectivity index (χ0n) is 8.86. The fourth-order valence-electron chi connectivity index (χ4n) is 1.08. The molecule has 0 unspecified atom stereocenters. The van der Waals surface area contributed by atoms with Crippen LogP contribution in [0.15, 0.2) is 24.3 Å². The molecule has 0 N–H and O–H groups in total. The molecule has 0 atom stereocenters. The minimum atomic E-state index is -0.456. The molecule has 0 saturated carbocycles. The Kier molecular flexibility index (Phi) is 4.84. The van der Waals surface area contributed by atoms with Crippen molar-refractivity contribution in [3.05, 3.63) is 42.3 Å². The molecule has 0 bridgehead atoms. The molecule has 3 heteroatoms. The Morgan fingerprint density at radius 1 is 1.47 bits per heavy atom. The molecule has 0 spiro atoms. The Morgan fingerprint density at radius 2 is 2.27 bits per heavy atom. The van der Waals surface area contributed by atoms with Gasteiger partial charge in [0.15, 0.2) is 0 Å². The second kappa shape index (κ2) is 6.19. The van der Waals surface area contributed by atoms with Gasteiger partial charge in [-0.25, -0.2) is 4.79 Å². The SMILES string of the molecule is [CH2]CCCOOC(=O)c1cccc(C)c1. The van der Waals surface area contributed by atoms with E-state index in [0.29, 0.717) is 12.2 Å². The van der Waals surface area contributed by atoms with Crippen molar-refractivity contribution in [2.24, 2.45) is 0 Å². The lowest BCUT2D eigenvalue weighted by Gasteiger charge is -2.03. The second-order valence-electron chi connectivity index (χ2n) is 3.27. The summed E-state index contributed by atoms with van der Waals surface area (Å²) in [5, 5.41) is 0. The zero-order valence-corrected chi connectivity index (χ0v) is 8.86. The summed E-state index contributed by atoms with van der Waals surface area (Å²) < 4.78 is 0. The highest BCUT2D eigenvalue weighted by atomic mass is 17.2. The molecule has 0 saturated heterocycles. The normalized spacial score (nSPS) is 10.0. The second-order valence-corrected chi connectivity index (χ2v) is 3.27. The van der Waals surface area contributed by atoms with Gasteiger partial charge < -0.3 is 0 Å². The fraction of sp³-hybridized carbons (Fsp3) is 0.333. The number of carbonyl (C=O) groups excluding carboxylic acids is 1. The van der Waals surface area contributed by atoms with Gasteiger partial charge in [-0.05, 0) is 25.5 Å². The molecule has 0 fully saturated rings. The maximum atomic E-state index is 11.4. The van der Waals surface area contributed by atoms with Crippen molar-refractivity contribution in [3.8, 4) is 0 Å². The summed E-state index contributed by atoms with van der Waals surface area (Å²) in [5.74, 6) is -0.456. The summed E-state index contributed by atoms with van der Waals surface area (Å²) in [6.07, 6.45) is 1.54. The molecule has 0 aromatic heterocycles. The first-order chi connectivity index (χ1) is 7.24. The minimum Gasteiger partial charge on any atom is -0.293 e. The Morgan fingerprint density at radius 3 is 2.93 bits per heavy atom. The third-order valence-corrected chi connectivity index (χ3v) is 1.87. The minimum absolute atomic E-state index is 0.390. The van der Waals surface area contributed by atoms with E-state index >= 15 is 0 Å². The molecule has 1 rings (SSSR count). The topological polar surface area (TPSA) is 35.5 Å². The third-order valence-electron chi connectivity index (χ3n) is 1.87. The van der Waals surface area contributed by atoms with Crippen LogP contribution < -0.4 is 0 Å². The highest BCUT2D eigenvalue weighted by Gasteiger charge is 2.07. The number of hydrogen-bond donors (Lipinski definition) is 0. The van der Waals surface area contributed by atoms with Crippen LogP contribution in [-0.4, -0.2) is 12.6 Å². The number of rotatable bonds is 5. The van der Waals surface area contributed by atoms with Crippen LogP contribution in [-0.2, 0) is 9.78 Å². The van der Waals surface area contributed by atoms with Gasteiger partial charge in [0.25, 0.3) is 0 Å². The molecule has 0 aliphatic carbocycles. The van der Waals surface area contributed by atoms with E-state index in [1.165, 1.54) is 0 Å². The van der Waals surface area contributed by atoms with Gasteiger partial charge in [0.05, 0.1) is 12.2 Å². The summed E-state index contributed by atoms with van der Waals surface area (Å²) in [6.45, 7) is 5.96. The third kappa shape index (κ3) is 4.13. The van der Waals surface area contributed by atoms with Gasteiger partial charge in [0.1, 0.15) is 0 Å². The molecule has 1 aromatic carbocycles. The summed E-state index contributed by atoms with van der Waals surface area (Å²) in [7, 11) is 0. The maximum Gasteiger partial charge on any atom is 0.373 e. The average Bonchev–Trinajstić information content (AvgIpc) is 2.24. The number of carbonyl (C=O) groups is 1. The first-order valence-electron chi connectivity index (χ1n) is 4.93. The number of hydrogen-bond acceptors (Lipinski definition) is 3. The first kappa shape index (κ1) is 11.7. The van der Waals surface area contributed by atoms with Crippen molar-refractivity contribution in [2.45, 2.75) is 19.8 Å². The number of benzene rings is 1. The van der Waals surface area contributed by atoms with E-state index in [9.17, 15) is 4.79 Å². The van der Waals surface area contributed by atoms with Crippen LogP contribution >= 0.6 is 0 Å². The van der Waals surface area contributed by atoms with E-state index in [2.05, 4.69) is 11.8 Å². The quantitative estimate of drug-likeness (QED) is 0.423. The van der Waals surface area contributed by atoms with Gasteiger partial charge in [-0.2, -0.15) is 4.89 Å². The van der Waals surface area contributed by atoms with Crippen molar-refractivity contribution in [3.63, 3.8) is 0 Å². The maximum absolute atomic E-state index is 11.4. The van der Waals surface area contributed by atoms with Crippen molar-refractivity contribution < 1.29 is 14.6 Å². The summed E-state index contributed by atoms with van der Waals surface area (Å²) in [4.78, 5) is 20.8. The van der Waals surface area contributed by atoms with E-state index in [-0.39, 0.29) is 0 Å². The lowest BCUT2D eigenvalue weighted by atomic mass is 10.1. The van der Waals surface area contributed by atoms with Crippen LogP contribution in [0.3, 0.4) is 0 Å². The molecule has 1 radical (unpaired) electrons. The monoisotopic (exact) mass is 207 g/mol. The van der Waals surface area contributed by atoms with Gasteiger partial charge >= 0.3 is 5.97 Å². The number of aryl methyl sites for hydroxylation is 1. The van der Waals surface area contributed by atoms with Crippen molar-refractivity contribution in [2.75, 3.05) is 6.61 Å². The Labute approximate surface area is 89.9 Å². The smallest absolute Gasteiger partial charge is 0.293 e. The highest BCUT2D eigenvalue weighted by Crippen LogP contribution is 2.05. The fourth-order valence-corrected chi connectivity index (χ4v) is 1.08. The van der Waals surface area contributed by atoms with Crippen LogP contribution in [0.25, 0.3) is 0 Å². The lowest BCUT2D eigenvalue weighted by Crippen LogP contribution is -2.06. The predicted molar refractivity (Wildman–Crippen MR) is 57.1 cm³/mol. The highest BCUT2D eigenvalue weighted by molar-refractivity contribution is 5.89. The largest absolute Gasteiger partial charge is 0.373 e. The predicted octanol–water partition coefficient (Wildman–Crippen LogP) is 2.70. The van der Waals surface area contributed by atoms with Gasteiger partial charge in [-0.3, -0.25) is 4.89 Å². The lowest BCUT2D eigenvalue weighted by molar-refractivity contribution is -0.241. The van der Waals surface area contributed by atoms with Crippen LogP contribution in [0.1, 0.15) is 28.8 Å². The van der Waals surface area contributed by atoms with Crippen molar-refractivity contribution in [1.82, 2.24) is 0 Å². The average molecular weight is 207 g/mol. The molecule has 15 heavy (non-hydrogen) atoms. The molecule has 3 nitrogen and oxygen atoms in total. The molecule has 1 aromatic rings. The molecular weight excluding hydrogens is 192 g/mol. The van der Waals surface area contributed by atoms with E-state index in [1.807, 2.05) is 19.1 Å². The van der Waals surface area contributed by atoms with Crippen LogP contribution in [0.4, 0.5) is 0 Å². The van der Waals surface area contributed by atoms with Gasteiger partial charge in [-0.15, -0.1) is 0 Å². The summed E-state index contributed by atoms with van der Waals surface area (Å²) in [6, 6.07) is 7.18. The van der Waals surface area contributed by atoms with E-state index in [1.54, 1.807) is 12.1 Å². The van der Waals surface area contributed by atoms with Crippen LogP contribution in [0, 0.1) is 13.8 Å². The molecular formula is C12H15O3.